The van der Waals surface area contributed by atoms with Crippen LogP contribution in [-0.4, -0.2) is 0 Å². The molecule has 0 radical (unpaired) electrons. The van der Waals surface area contributed by atoms with E-state index in [0.29, 0.717) is 5.92 Å². The maximum atomic E-state index is 13.5. The Kier molecular flexibility index (Phi) is 8.70. The van der Waals surface area contributed by atoms with E-state index in [1.54, 1.807) is 6.07 Å². The monoisotopic (exact) mass is 252 g/mol. The smallest absolute Gasteiger partial charge is 0.126 e. The minimum absolute atomic E-state index is 0.0353. The van der Waals surface area contributed by atoms with Gasteiger partial charge in [0.05, 0.1) is 0 Å². The van der Waals surface area contributed by atoms with E-state index in [1.165, 1.54) is 31.2 Å². The van der Waals surface area contributed by atoms with Crippen molar-refractivity contribution in [1.29, 1.82) is 0 Å². The molecule has 0 nitrogen and oxygen atoms in total. The van der Waals surface area contributed by atoms with E-state index in [1.807, 2.05) is 41.5 Å². The van der Waals surface area contributed by atoms with Crippen LogP contribution in [-0.2, 0) is 0 Å². The van der Waals surface area contributed by atoms with Gasteiger partial charge in [-0.2, -0.15) is 0 Å². The first-order valence-corrected chi connectivity index (χ1v) is 7.45. The van der Waals surface area contributed by atoms with Crippen molar-refractivity contribution in [2.24, 2.45) is 0 Å². The van der Waals surface area contributed by atoms with Crippen LogP contribution in [0.1, 0.15) is 76.0 Å². The molecule has 0 amide bonds. The maximum Gasteiger partial charge on any atom is 0.126 e. The molecule has 0 heterocycles. The van der Waals surface area contributed by atoms with Crippen molar-refractivity contribution in [3.63, 3.8) is 0 Å². The molecule has 0 N–H and O–H groups in total. The van der Waals surface area contributed by atoms with Crippen LogP contribution in [0.15, 0.2) is 12.1 Å². The second kappa shape index (κ2) is 9.13. The fourth-order valence-corrected chi connectivity index (χ4v) is 2.34. The molecule has 1 saturated carbocycles. The van der Waals surface area contributed by atoms with Gasteiger partial charge in [-0.15, -0.1) is 0 Å². The second-order valence-corrected chi connectivity index (χ2v) is 4.43. The molecule has 0 aliphatic heterocycles. The minimum Gasteiger partial charge on any atom is -0.207 e. The van der Waals surface area contributed by atoms with Crippen molar-refractivity contribution in [1.82, 2.24) is 0 Å². The molecule has 1 fully saturated rings. The van der Waals surface area contributed by atoms with Crippen LogP contribution < -0.4 is 0 Å². The molecule has 2 rings (SSSR count). The molecular formula is C17H29F. The van der Waals surface area contributed by atoms with Crippen LogP contribution in [0.3, 0.4) is 0 Å². The number of rotatable bonds is 1. The number of hydrogen-bond acceptors (Lipinski definition) is 0. The highest BCUT2D eigenvalue weighted by atomic mass is 19.1. The van der Waals surface area contributed by atoms with E-state index in [0.717, 1.165) is 11.1 Å². The first kappa shape index (κ1) is 17.2. The Morgan fingerprint density at radius 3 is 1.89 bits per heavy atom. The zero-order valence-corrected chi connectivity index (χ0v) is 12.9. The average Bonchev–Trinajstić information content (AvgIpc) is 2.94. The van der Waals surface area contributed by atoms with E-state index in [4.69, 9.17) is 0 Å². The van der Waals surface area contributed by atoms with Crippen LogP contribution in [0.25, 0.3) is 0 Å². The van der Waals surface area contributed by atoms with E-state index in [2.05, 4.69) is 6.07 Å². The molecule has 0 spiro atoms. The van der Waals surface area contributed by atoms with Gasteiger partial charge in [0.1, 0.15) is 5.82 Å². The van der Waals surface area contributed by atoms with Gasteiger partial charge in [-0.25, -0.2) is 4.39 Å². The van der Waals surface area contributed by atoms with Crippen molar-refractivity contribution >= 4 is 0 Å². The highest BCUT2D eigenvalue weighted by molar-refractivity contribution is 5.33. The molecule has 1 heteroatoms. The summed E-state index contributed by atoms with van der Waals surface area (Å²) >= 11 is 0. The summed E-state index contributed by atoms with van der Waals surface area (Å²) in [6.07, 6.45) is 5.09. The molecule has 1 aliphatic carbocycles. The fourth-order valence-electron chi connectivity index (χ4n) is 2.34. The third-order valence-electron chi connectivity index (χ3n) is 3.45. The third kappa shape index (κ3) is 4.44. The summed E-state index contributed by atoms with van der Waals surface area (Å²) in [5, 5.41) is 0. The van der Waals surface area contributed by atoms with Crippen molar-refractivity contribution in [3.8, 4) is 0 Å². The lowest BCUT2D eigenvalue weighted by molar-refractivity contribution is 0.608. The van der Waals surface area contributed by atoms with Gasteiger partial charge in [-0.1, -0.05) is 46.6 Å². The Morgan fingerprint density at radius 1 is 0.944 bits per heavy atom. The Labute approximate surface area is 113 Å². The van der Waals surface area contributed by atoms with Crippen LogP contribution in [0.2, 0.25) is 0 Å². The van der Waals surface area contributed by atoms with E-state index < -0.39 is 0 Å². The van der Waals surface area contributed by atoms with Crippen molar-refractivity contribution in [3.05, 3.63) is 34.6 Å². The molecular weight excluding hydrogens is 223 g/mol. The van der Waals surface area contributed by atoms with Crippen molar-refractivity contribution < 1.29 is 4.39 Å². The third-order valence-corrected chi connectivity index (χ3v) is 3.45. The summed E-state index contributed by atoms with van der Waals surface area (Å²) in [7, 11) is 0. The number of benzene rings is 1. The van der Waals surface area contributed by atoms with Gasteiger partial charge >= 0.3 is 0 Å². The SMILES string of the molecule is CC.CC.Cc1cc(C2CCCC2)cc(F)c1C. The van der Waals surface area contributed by atoms with E-state index in [9.17, 15) is 4.39 Å². The molecule has 0 bridgehead atoms. The van der Waals surface area contributed by atoms with Crippen LogP contribution in [0, 0.1) is 19.7 Å². The molecule has 1 aliphatic rings. The summed E-state index contributed by atoms with van der Waals surface area (Å²) in [5.41, 5.74) is 3.10. The highest BCUT2D eigenvalue weighted by Gasteiger charge is 2.18. The Bertz CT molecular complexity index is 312. The van der Waals surface area contributed by atoms with E-state index in [-0.39, 0.29) is 5.82 Å². The maximum absolute atomic E-state index is 13.5. The lowest BCUT2D eigenvalue weighted by Gasteiger charge is -2.12. The largest absolute Gasteiger partial charge is 0.207 e. The van der Waals surface area contributed by atoms with Gasteiger partial charge in [0, 0.05) is 0 Å². The zero-order valence-electron chi connectivity index (χ0n) is 12.9. The van der Waals surface area contributed by atoms with Gasteiger partial charge < -0.3 is 0 Å². The van der Waals surface area contributed by atoms with Crippen molar-refractivity contribution in [2.45, 2.75) is 73.1 Å². The van der Waals surface area contributed by atoms with Crippen LogP contribution >= 0.6 is 0 Å². The Balaban J connectivity index is 0.000000659. The summed E-state index contributed by atoms with van der Waals surface area (Å²) in [6, 6.07) is 3.90. The molecule has 104 valence electrons. The number of hydrogen-bond donors (Lipinski definition) is 0. The Morgan fingerprint density at radius 2 is 1.44 bits per heavy atom. The standard InChI is InChI=1S/C13H17F.2C2H6/c1-9-7-12(8-13(14)10(9)2)11-5-3-4-6-11;2*1-2/h7-8,11H,3-6H2,1-2H3;2*1-2H3. The summed E-state index contributed by atoms with van der Waals surface area (Å²) < 4.78 is 13.5. The van der Waals surface area contributed by atoms with E-state index >= 15 is 0 Å². The normalized spacial score (nSPS) is 14.4. The molecule has 1 aromatic rings. The van der Waals surface area contributed by atoms with Gasteiger partial charge in [0.2, 0.25) is 0 Å². The predicted molar refractivity (Wildman–Crippen MR) is 79.8 cm³/mol. The number of halogens is 1. The average molecular weight is 252 g/mol. The van der Waals surface area contributed by atoms with Gasteiger partial charge in [0.25, 0.3) is 0 Å². The molecule has 0 unspecified atom stereocenters. The van der Waals surface area contributed by atoms with Gasteiger partial charge in [-0.05, 0) is 55.4 Å². The Hall–Kier alpha value is -0.850. The van der Waals surface area contributed by atoms with Gasteiger partial charge in [0.15, 0.2) is 0 Å². The fraction of sp³-hybridized carbons (Fsp3) is 0.647. The quantitative estimate of drug-likeness (QED) is 0.562. The number of aryl methyl sites for hydroxylation is 1. The van der Waals surface area contributed by atoms with Crippen LogP contribution in [0.4, 0.5) is 4.39 Å². The zero-order chi connectivity index (χ0) is 14.1. The highest BCUT2D eigenvalue weighted by Crippen LogP contribution is 2.35. The first-order chi connectivity index (χ1) is 8.68. The molecule has 1 aromatic carbocycles. The lowest BCUT2D eigenvalue weighted by Crippen LogP contribution is -1.97. The first-order valence-electron chi connectivity index (χ1n) is 7.45. The second-order valence-electron chi connectivity index (χ2n) is 4.43. The summed E-state index contributed by atoms with van der Waals surface area (Å²) in [5.74, 6) is 0.579. The van der Waals surface area contributed by atoms with Crippen molar-refractivity contribution in [2.75, 3.05) is 0 Å². The van der Waals surface area contributed by atoms with Crippen LogP contribution in [0.5, 0.6) is 0 Å². The summed E-state index contributed by atoms with van der Waals surface area (Å²) in [4.78, 5) is 0. The summed E-state index contributed by atoms with van der Waals surface area (Å²) in [6.45, 7) is 11.8. The predicted octanol–water partition coefficient (Wildman–Crippen LogP) is 6.15. The molecule has 0 atom stereocenters. The topological polar surface area (TPSA) is 0 Å². The molecule has 0 saturated heterocycles. The lowest BCUT2D eigenvalue weighted by atomic mass is 9.94. The molecule has 0 aromatic heterocycles. The van der Waals surface area contributed by atoms with Gasteiger partial charge in [-0.3, -0.25) is 0 Å². The molecule has 18 heavy (non-hydrogen) atoms. The minimum atomic E-state index is -0.0353.